The molecule has 0 aliphatic rings. The molecule has 0 aliphatic heterocycles. The van der Waals surface area contributed by atoms with E-state index in [-0.39, 0.29) is 0 Å². The molecule has 3 rings (SSSR count). The van der Waals surface area contributed by atoms with Crippen molar-refractivity contribution in [3.05, 3.63) is 70.1 Å². The Morgan fingerprint density at radius 2 is 1.86 bits per heavy atom. The zero-order chi connectivity index (χ0) is 15.5. The van der Waals surface area contributed by atoms with E-state index in [2.05, 4.69) is 11.2 Å². The molecule has 0 bridgehead atoms. The van der Waals surface area contributed by atoms with Gasteiger partial charge in [0.05, 0.1) is 11.3 Å². The van der Waals surface area contributed by atoms with Crippen LogP contribution in [0.5, 0.6) is 0 Å². The SMILES string of the molecule is C/C(=N\OC(=O)c1ccc(Cl)cc1)c1csc2ccccc12. The van der Waals surface area contributed by atoms with Crippen LogP contribution in [0, 0.1) is 0 Å². The summed E-state index contributed by atoms with van der Waals surface area (Å²) in [5.41, 5.74) is 2.06. The van der Waals surface area contributed by atoms with E-state index in [1.165, 1.54) is 4.70 Å². The van der Waals surface area contributed by atoms with E-state index in [0.29, 0.717) is 16.3 Å². The van der Waals surface area contributed by atoms with Crippen LogP contribution in [0.2, 0.25) is 5.02 Å². The van der Waals surface area contributed by atoms with Crippen LogP contribution in [0.4, 0.5) is 0 Å². The highest BCUT2D eigenvalue weighted by Crippen LogP contribution is 2.26. The maximum absolute atomic E-state index is 11.9. The van der Waals surface area contributed by atoms with Crippen molar-refractivity contribution in [3.8, 4) is 0 Å². The Labute approximate surface area is 136 Å². The Hall–Kier alpha value is -2.17. The van der Waals surface area contributed by atoms with Crippen LogP contribution >= 0.6 is 22.9 Å². The highest BCUT2D eigenvalue weighted by atomic mass is 35.5. The average Bonchev–Trinajstić information content (AvgIpc) is 2.97. The number of carbonyl (C=O) groups is 1. The molecule has 0 radical (unpaired) electrons. The van der Waals surface area contributed by atoms with Gasteiger partial charge in [-0.25, -0.2) is 4.79 Å². The molecule has 3 aromatic rings. The van der Waals surface area contributed by atoms with Crippen molar-refractivity contribution in [1.29, 1.82) is 0 Å². The Kier molecular flexibility index (Phi) is 4.22. The first kappa shape index (κ1) is 14.8. The van der Waals surface area contributed by atoms with Gasteiger partial charge in [-0.15, -0.1) is 11.3 Å². The lowest BCUT2D eigenvalue weighted by molar-refractivity contribution is 0.0516. The molecule has 0 saturated carbocycles. The average molecular weight is 330 g/mol. The number of thiophene rings is 1. The van der Waals surface area contributed by atoms with E-state index >= 15 is 0 Å². The van der Waals surface area contributed by atoms with E-state index in [0.717, 1.165) is 10.9 Å². The number of oxime groups is 1. The van der Waals surface area contributed by atoms with E-state index in [4.69, 9.17) is 16.4 Å². The highest BCUT2D eigenvalue weighted by molar-refractivity contribution is 7.17. The molecule has 0 fully saturated rings. The van der Waals surface area contributed by atoms with Gasteiger partial charge in [0.1, 0.15) is 0 Å². The lowest BCUT2D eigenvalue weighted by Crippen LogP contribution is -2.03. The topological polar surface area (TPSA) is 38.7 Å². The summed E-state index contributed by atoms with van der Waals surface area (Å²) in [4.78, 5) is 16.9. The first-order chi connectivity index (χ1) is 10.6. The van der Waals surface area contributed by atoms with Crippen molar-refractivity contribution in [1.82, 2.24) is 0 Å². The van der Waals surface area contributed by atoms with E-state index < -0.39 is 5.97 Å². The molecule has 1 heterocycles. The van der Waals surface area contributed by atoms with Crippen molar-refractivity contribution in [2.45, 2.75) is 6.92 Å². The van der Waals surface area contributed by atoms with Crippen LogP contribution in [0.15, 0.2) is 59.1 Å². The van der Waals surface area contributed by atoms with Gasteiger partial charge < -0.3 is 4.84 Å². The summed E-state index contributed by atoms with van der Waals surface area (Å²) in [7, 11) is 0. The second kappa shape index (κ2) is 6.30. The van der Waals surface area contributed by atoms with Gasteiger partial charge in [-0.2, -0.15) is 0 Å². The number of carbonyl (C=O) groups excluding carboxylic acids is 1. The van der Waals surface area contributed by atoms with Gasteiger partial charge in [0, 0.05) is 26.1 Å². The first-order valence-corrected chi connectivity index (χ1v) is 7.89. The molecule has 0 spiro atoms. The van der Waals surface area contributed by atoms with Crippen molar-refractivity contribution >= 4 is 44.7 Å². The van der Waals surface area contributed by atoms with Crippen molar-refractivity contribution < 1.29 is 9.63 Å². The third-order valence-corrected chi connectivity index (χ3v) is 4.43. The molecule has 2 aromatic carbocycles. The fraction of sp³-hybridized carbons (Fsp3) is 0.0588. The molecule has 0 atom stereocenters. The number of halogens is 1. The summed E-state index contributed by atoms with van der Waals surface area (Å²) in [6.45, 7) is 1.82. The fourth-order valence-electron chi connectivity index (χ4n) is 2.06. The molecule has 3 nitrogen and oxygen atoms in total. The third-order valence-electron chi connectivity index (χ3n) is 3.22. The lowest BCUT2D eigenvalue weighted by Gasteiger charge is -2.01. The minimum Gasteiger partial charge on any atom is -0.313 e. The monoisotopic (exact) mass is 329 g/mol. The number of benzene rings is 2. The van der Waals surface area contributed by atoms with Crippen molar-refractivity contribution in [2.24, 2.45) is 5.16 Å². The van der Waals surface area contributed by atoms with E-state index in [1.807, 2.05) is 30.5 Å². The summed E-state index contributed by atoms with van der Waals surface area (Å²) in [6, 6.07) is 14.5. The molecule has 22 heavy (non-hydrogen) atoms. The summed E-state index contributed by atoms with van der Waals surface area (Å²) >= 11 is 7.43. The number of nitrogens with zero attached hydrogens (tertiary/aromatic N) is 1. The molecule has 5 heteroatoms. The molecular formula is C17H12ClNO2S. The van der Waals surface area contributed by atoms with Crippen LogP contribution in [0.3, 0.4) is 0 Å². The number of rotatable bonds is 3. The second-order valence-electron chi connectivity index (χ2n) is 4.71. The van der Waals surface area contributed by atoms with Crippen LogP contribution in [-0.4, -0.2) is 11.7 Å². The predicted octanol–water partition coefficient (Wildman–Crippen LogP) is 5.14. The summed E-state index contributed by atoms with van der Waals surface area (Å²) in [5, 5.41) is 7.65. The zero-order valence-electron chi connectivity index (χ0n) is 11.7. The molecule has 110 valence electrons. The minimum absolute atomic E-state index is 0.413. The molecule has 1 aromatic heterocycles. The van der Waals surface area contributed by atoms with Crippen LogP contribution in [0.25, 0.3) is 10.1 Å². The summed E-state index contributed by atoms with van der Waals surface area (Å²) < 4.78 is 1.18. The largest absolute Gasteiger partial charge is 0.365 e. The molecule has 0 saturated heterocycles. The van der Waals surface area contributed by atoms with Gasteiger partial charge in [0.15, 0.2) is 0 Å². The maximum atomic E-state index is 11.9. The smallest absolute Gasteiger partial charge is 0.313 e. The molecular weight excluding hydrogens is 318 g/mol. The van der Waals surface area contributed by atoms with Crippen molar-refractivity contribution in [3.63, 3.8) is 0 Å². The van der Waals surface area contributed by atoms with Crippen LogP contribution in [-0.2, 0) is 4.84 Å². The van der Waals surface area contributed by atoms with Gasteiger partial charge in [-0.05, 0) is 37.3 Å². The normalized spacial score (nSPS) is 11.6. The van der Waals surface area contributed by atoms with E-state index in [9.17, 15) is 4.79 Å². The van der Waals surface area contributed by atoms with Gasteiger partial charge >= 0.3 is 5.97 Å². The fourth-order valence-corrected chi connectivity index (χ4v) is 3.19. The number of fused-ring (bicyclic) bond motifs is 1. The Morgan fingerprint density at radius 3 is 2.64 bits per heavy atom. The van der Waals surface area contributed by atoms with E-state index in [1.54, 1.807) is 35.6 Å². The molecule has 0 N–H and O–H groups in total. The van der Waals surface area contributed by atoms with Crippen LogP contribution < -0.4 is 0 Å². The van der Waals surface area contributed by atoms with Crippen molar-refractivity contribution in [2.75, 3.05) is 0 Å². The van der Waals surface area contributed by atoms with Gasteiger partial charge in [0.2, 0.25) is 0 Å². The van der Waals surface area contributed by atoms with Gasteiger partial charge in [0.25, 0.3) is 0 Å². The maximum Gasteiger partial charge on any atom is 0.365 e. The molecule has 0 unspecified atom stereocenters. The Morgan fingerprint density at radius 1 is 1.14 bits per heavy atom. The van der Waals surface area contributed by atoms with Gasteiger partial charge in [-0.3, -0.25) is 0 Å². The Balaban J connectivity index is 1.80. The summed E-state index contributed by atoms with van der Waals surface area (Å²) in [6.07, 6.45) is 0. The first-order valence-electron chi connectivity index (χ1n) is 6.63. The number of hydrogen-bond acceptors (Lipinski definition) is 4. The van der Waals surface area contributed by atoms with Crippen LogP contribution in [0.1, 0.15) is 22.8 Å². The minimum atomic E-state index is -0.504. The van der Waals surface area contributed by atoms with Gasteiger partial charge in [-0.1, -0.05) is 35.0 Å². The predicted molar refractivity (Wildman–Crippen MR) is 90.9 cm³/mol. The molecule has 0 amide bonds. The zero-order valence-corrected chi connectivity index (χ0v) is 13.3. The quantitative estimate of drug-likeness (QED) is 0.379. The number of hydrogen-bond donors (Lipinski definition) is 0. The highest BCUT2D eigenvalue weighted by Gasteiger charge is 2.10. The molecule has 0 aliphatic carbocycles. The third kappa shape index (κ3) is 3.03. The Bertz CT molecular complexity index is 852. The summed E-state index contributed by atoms with van der Waals surface area (Å²) in [5.74, 6) is -0.504. The second-order valence-corrected chi connectivity index (χ2v) is 6.06. The standard InChI is InChI=1S/C17H12ClNO2S/c1-11(15-10-22-16-5-3-2-4-14(15)16)19-21-17(20)12-6-8-13(18)9-7-12/h2-10H,1H3/b19-11+. The lowest BCUT2D eigenvalue weighted by atomic mass is 10.1.